The fourth-order valence-electron chi connectivity index (χ4n) is 3.46. The molecule has 1 aliphatic rings. The van der Waals surface area contributed by atoms with Crippen LogP contribution in [0.3, 0.4) is 0 Å². The second kappa shape index (κ2) is 4.98. The molecule has 1 aromatic carbocycles. The topological polar surface area (TPSA) is 49.7 Å². The Bertz CT molecular complexity index is 730. The molecule has 0 saturated carbocycles. The van der Waals surface area contributed by atoms with Crippen LogP contribution in [0.1, 0.15) is 28.0 Å². The van der Waals surface area contributed by atoms with Crippen molar-refractivity contribution in [2.45, 2.75) is 26.3 Å². The van der Waals surface area contributed by atoms with E-state index in [1.807, 2.05) is 6.92 Å². The van der Waals surface area contributed by atoms with Gasteiger partial charge in [0.05, 0.1) is 32.2 Å². The Labute approximate surface area is 123 Å². The van der Waals surface area contributed by atoms with Gasteiger partial charge in [-0.3, -0.25) is 4.79 Å². The number of nitrogens with zero attached hydrogens (tertiary/aromatic N) is 1. The van der Waals surface area contributed by atoms with Gasteiger partial charge >= 0.3 is 0 Å². The second-order valence-electron chi connectivity index (χ2n) is 5.18. The summed E-state index contributed by atoms with van der Waals surface area (Å²) < 4.78 is 18.8. The number of aromatic nitrogens is 1. The summed E-state index contributed by atoms with van der Waals surface area (Å²) in [4.78, 5) is 11.6. The van der Waals surface area contributed by atoms with E-state index in [0.29, 0.717) is 17.1 Å². The Morgan fingerprint density at radius 2 is 1.71 bits per heavy atom. The van der Waals surface area contributed by atoms with Gasteiger partial charge in [0.25, 0.3) is 0 Å². The second-order valence-corrected chi connectivity index (χ2v) is 5.18. The monoisotopic (exact) mass is 289 g/mol. The highest BCUT2D eigenvalue weighted by Crippen LogP contribution is 2.49. The molecule has 0 fully saturated rings. The van der Waals surface area contributed by atoms with Crippen molar-refractivity contribution in [2.24, 2.45) is 0 Å². The first-order valence-electron chi connectivity index (χ1n) is 6.98. The van der Waals surface area contributed by atoms with E-state index in [1.54, 1.807) is 21.3 Å². The van der Waals surface area contributed by atoms with Crippen molar-refractivity contribution in [2.75, 3.05) is 21.3 Å². The highest BCUT2D eigenvalue weighted by Gasteiger charge is 2.30. The van der Waals surface area contributed by atoms with E-state index in [2.05, 4.69) is 4.57 Å². The lowest BCUT2D eigenvalue weighted by atomic mass is 10.0. The van der Waals surface area contributed by atoms with Crippen molar-refractivity contribution in [1.29, 1.82) is 0 Å². The van der Waals surface area contributed by atoms with Gasteiger partial charge in [-0.1, -0.05) is 0 Å². The van der Waals surface area contributed by atoms with Gasteiger partial charge in [0.1, 0.15) is 5.75 Å². The smallest absolute Gasteiger partial charge is 0.171 e. The summed E-state index contributed by atoms with van der Waals surface area (Å²) in [5.74, 6) is 1.97. The molecule has 0 bridgehead atoms. The molecule has 0 aliphatic carbocycles. The number of methoxy groups -OCH3 is 3. The van der Waals surface area contributed by atoms with Crippen LogP contribution in [0.4, 0.5) is 0 Å². The molecule has 0 atom stereocenters. The van der Waals surface area contributed by atoms with Gasteiger partial charge in [0.15, 0.2) is 17.8 Å². The largest absolute Gasteiger partial charge is 0.494 e. The van der Waals surface area contributed by atoms with Crippen LogP contribution in [0.5, 0.6) is 17.2 Å². The van der Waals surface area contributed by atoms with Crippen molar-refractivity contribution < 1.29 is 19.0 Å². The van der Waals surface area contributed by atoms with Gasteiger partial charge in [0, 0.05) is 23.4 Å². The summed E-state index contributed by atoms with van der Waals surface area (Å²) >= 11 is 0. The lowest BCUT2D eigenvalue weighted by Crippen LogP contribution is -2.01. The van der Waals surface area contributed by atoms with E-state index in [4.69, 9.17) is 14.2 Å². The van der Waals surface area contributed by atoms with Crippen molar-refractivity contribution in [3.63, 3.8) is 0 Å². The van der Waals surface area contributed by atoms with E-state index in [1.165, 1.54) is 0 Å². The van der Waals surface area contributed by atoms with E-state index in [9.17, 15) is 4.79 Å². The quantitative estimate of drug-likeness (QED) is 0.812. The van der Waals surface area contributed by atoms with Crippen LogP contribution in [0.25, 0.3) is 10.9 Å². The maximum Gasteiger partial charge on any atom is 0.171 e. The zero-order valence-corrected chi connectivity index (χ0v) is 12.8. The fourth-order valence-corrected chi connectivity index (χ4v) is 3.46. The third-order valence-corrected chi connectivity index (χ3v) is 4.27. The molecule has 1 aromatic heterocycles. The summed E-state index contributed by atoms with van der Waals surface area (Å²) in [5, 5.41) is 0.793. The summed E-state index contributed by atoms with van der Waals surface area (Å²) in [6.07, 6.45) is 2.86. The van der Waals surface area contributed by atoms with Gasteiger partial charge in [-0.15, -0.1) is 0 Å². The van der Waals surface area contributed by atoms with Gasteiger partial charge in [-0.05, 0) is 19.8 Å². The van der Waals surface area contributed by atoms with Crippen LogP contribution in [-0.2, 0) is 13.0 Å². The number of hydrogen-bond donors (Lipinski definition) is 0. The molecule has 2 heterocycles. The number of carbonyl (C=O) groups excluding carboxylic acids is 1. The standard InChI is InChI=1S/C16H19NO4/c1-9-14(19-2)13-12(16(21-4)15(9)20-3)10(8-18)11-6-5-7-17(11)13/h8H,5-7H2,1-4H3. The van der Waals surface area contributed by atoms with Gasteiger partial charge in [0.2, 0.25) is 0 Å². The van der Waals surface area contributed by atoms with E-state index < -0.39 is 0 Å². The molecular weight excluding hydrogens is 270 g/mol. The Hall–Kier alpha value is -2.17. The Morgan fingerprint density at radius 3 is 2.29 bits per heavy atom. The number of aldehydes is 1. The summed E-state index contributed by atoms with van der Waals surface area (Å²) in [7, 11) is 4.84. The summed E-state index contributed by atoms with van der Waals surface area (Å²) in [5.41, 5.74) is 3.57. The zero-order chi connectivity index (χ0) is 15.1. The molecule has 0 unspecified atom stereocenters. The Balaban J connectivity index is 2.57. The maximum atomic E-state index is 11.6. The molecule has 112 valence electrons. The van der Waals surface area contributed by atoms with Crippen molar-refractivity contribution in [1.82, 2.24) is 4.57 Å². The third kappa shape index (κ3) is 1.66. The van der Waals surface area contributed by atoms with Crippen LogP contribution >= 0.6 is 0 Å². The SMILES string of the molecule is COc1c(C)c(OC)c2c(c(C=O)c3n2CCC3)c1OC. The molecular formula is C16H19NO4. The third-order valence-electron chi connectivity index (χ3n) is 4.27. The first-order valence-corrected chi connectivity index (χ1v) is 6.98. The number of aryl methyl sites for hydroxylation is 1. The molecule has 0 amide bonds. The molecule has 2 aromatic rings. The molecule has 1 aliphatic heterocycles. The van der Waals surface area contributed by atoms with Crippen molar-refractivity contribution in [3.05, 3.63) is 16.8 Å². The number of rotatable bonds is 4. The minimum Gasteiger partial charge on any atom is -0.494 e. The first-order chi connectivity index (χ1) is 10.2. The fraction of sp³-hybridized carbons (Fsp3) is 0.438. The van der Waals surface area contributed by atoms with E-state index in [-0.39, 0.29) is 0 Å². The van der Waals surface area contributed by atoms with Crippen molar-refractivity contribution >= 4 is 17.2 Å². The molecule has 21 heavy (non-hydrogen) atoms. The highest BCUT2D eigenvalue weighted by atomic mass is 16.5. The van der Waals surface area contributed by atoms with Crippen LogP contribution in [-0.4, -0.2) is 32.2 Å². The van der Waals surface area contributed by atoms with Crippen molar-refractivity contribution in [3.8, 4) is 17.2 Å². The maximum absolute atomic E-state index is 11.6. The summed E-state index contributed by atoms with van der Waals surface area (Å²) in [6.45, 7) is 2.83. The van der Waals surface area contributed by atoms with Gasteiger partial charge < -0.3 is 18.8 Å². The molecule has 3 rings (SSSR count). The molecule has 0 N–H and O–H groups in total. The number of hydrogen-bond acceptors (Lipinski definition) is 4. The Morgan fingerprint density at radius 1 is 1.05 bits per heavy atom. The van der Waals surface area contributed by atoms with Crippen LogP contribution in [0, 0.1) is 6.92 Å². The van der Waals surface area contributed by atoms with Crippen LogP contribution < -0.4 is 14.2 Å². The first kappa shape index (κ1) is 13.8. The number of carbonyl (C=O) groups is 1. The molecule has 5 heteroatoms. The average molecular weight is 289 g/mol. The van der Waals surface area contributed by atoms with Gasteiger partial charge in [-0.25, -0.2) is 0 Å². The van der Waals surface area contributed by atoms with E-state index >= 15 is 0 Å². The molecule has 5 nitrogen and oxygen atoms in total. The average Bonchev–Trinajstić information content (AvgIpc) is 3.06. The van der Waals surface area contributed by atoms with Crippen LogP contribution in [0.15, 0.2) is 0 Å². The summed E-state index contributed by atoms with van der Waals surface area (Å²) in [6, 6.07) is 0. The minimum atomic E-state index is 0.606. The lowest BCUT2D eigenvalue weighted by Gasteiger charge is -2.17. The normalized spacial score (nSPS) is 13.3. The molecule has 0 spiro atoms. The molecule has 0 saturated heterocycles. The van der Waals surface area contributed by atoms with E-state index in [0.717, 1.165) is 53.6 Å². The Kier molecular flexibility index (Phi) is 3.27. The lowest BCUT2D eigenvalue weighted by molar-refractivity contribution is 0.112. The molecule has 0 radical (unpaired) electrons. The van der Waals surface area contributed by atoms with Crippen LogP contribution in [0.2, 0.25) is 0 Å². The van der Waals surface area contributed by atoms with Gasteiger partial charge in [-0.2, -0.15) is 0 Å². The zero-order valence-electron chi connectivity index (χ0n) is 12.8. The number of fused-ring (bicyclic) bond motifs is 3. The number of ether oxygens (including phenoxy) is 3. The predicted molar refractivity (Wildman–Crippen MR) is 80.0 cm³/mol. The highest BCUT2D eigenvalue weighted by molar-refractivity contribution is 6.07. The number of benzene rings is 1. The predicted octanol–water partition coefficient (Wildman–Crippen LogP) is 2.73. The minimum absolute atomic E-state index is 0.606.